The van der Waals surface area contributed by atoms with Crippen molar-refractivity contribution >= 4 is 28.5 Å². The summed E-state index contributed by atoms with van der Waals surface area (Å²) in [6.07, 6.45) is 0. The summed E-state index contributed by atoms with van der Waals surface area (Å²) in [4.78, 5) is 18.9. The molecule has 0 saturated carbocycles. The van der Waals surface area contributed by atoms with Crippen molar-refractivity contribution in [1.29, 1.82) is 0 Å². The molecule has 0 atom stereocenters. The summed E-state index contributed by atoms with van der Waals surface area (Å²) in [6.45, 7) is 0. The van der Waals surface area contributed by atoms with Gasteiger partial charge in [0.05, 0.1) is 16.6 Å². The smallest absolute Gasteiger partial charge is 0.335 e. The van der Waals surface area contributed by atoms with Crippen LogP contribution in [0, 0.1) is 0 Å². The molecule has 0 radical (unpaired) electrons. The van der Waals surface area contributed by atoms with Gasteiger partial charge in [-0.25, -0.2) is 14.8 Å². The van der Waals surface area contributed by atoms with E-state index >= 15 is 0 Å². The number of hydrogen-bond donors (Lipinski definition) is 3. The third-order valence-corrected chi connectivity index (χ3v) is 2.58. The van der Waals surface area contributed by atoms with Crippen LogP contribution < -0.4 is 0 Å². The number of hydrogen-bond acceptors (Lipinski definition) is 5. The second kappa shape index (κ2) is 2.94. The number of aliphatic hydroxyl groups excluding tert-OH is 2. The van der Waals surface area contributed by atoms with Crippen LogP contribution in [0.25, 0.3) is 22.6 Å². The minimum absolute atomic E-state index is 0.0961. The fourth-order valence-corrected chi connectivity index (χ4v) is 1.68. The van der Waals surface area contributed by atoms with E-state index in [2.05, 4.69) is 9.97 Å². The summed E-state index contributed by atoms with van der Waals surface area (Å²) in [7, 11) is 0. The summed E-state index contributed by atoms with van der Waals surface area (Å²) < 4.78 is 0. The number of carboxylic acid groups (broad SMARTS) is 1. The fourth-order valence-electron chi connectivity index (χ4n) is 1.68. The molecule has 1 aromatic carbocycles. The summed E-state index contributed by atoms with van der Waals surface area (Å²) in [5.74, 6) is -1.65. The summed E-state index contributed by atoms with van der Waals surface area (Å²) in [5.41, 5.74) is 1.35. The topological polar surface area (TPSA) is 104 Å². The van der Waals surface area contributed by atoms with Gasteiger partial charge in [-0.1, -0.05) is 0 Å². The van der Waals surface area contributed by atoms with E-state index in [-0.39, 0.29) is 28.5 Å². The first-order valence-corrected chi connectivity index (χ1v) is 4.76. The molecule has 6 nitrogen and oxygen atoms in total. The minimum atomic E-state index is -1.06. The lowest BCUT2D eigenvalue weighted by Crippen LogP contribution is -2.12. The van der Waals surface area contributed by atoms with E-state index < -0.39 is 5.97 Å². The van der Waals surface area contributed by atoms with Crippen molar-refractivity contribution in [3.8, 4) is 0 Å². The summed E-state index contributed by atoms with van der Waals surface area (Å²) in [5, 5.41) is 27.5. The van der Waals surface area contributed by atoms with Crippen LogP contribution in [0.1, 0.15) is 21.7 Å². The highest BCUT2D eigenvalue weighted by atomic mass is 16.4. The first kappa shape index (κ1) is 9.59. The minimum Gasteiger partial charge on any atom is -0.503 e. The van der Waals surface area contributed by atoms with Crippen molar-refractivity contribution in [3.63, 3.8) is 0 Å². The molecule has 1 heterocycles. The molecule has 0 saturated heterocycles. The van der Waals surface area contributed by atoms with E-state index in [1.807, 2.05) is 0 Å². The molecule has 1 aliphatic carbocycles. The van der Waals surface area contributed by atoms with Crippen LogP contribution in [0.15, 0.2) is 18.2 Å². The first-order valence-electron chi connectivity index (χ1n) is 4.76. The molecule has 3 rings (SSSR count). The molecule has 0 fully saturated rings. The fraction of sp³-hybridized carbons (Fsp3) is 0. The van der Waals surface area contributed by atoms with E-state index in [1.165, 1.54) is 18.2 Å². The number of rotatable bonds is 1. The van der Waals surface area contributed by atoms with Crippen LogP contribution >= 0.6 is 0 Å². The van der Waals surface area contributed by atoms with Gasteiger partial charge in [0.2, 0.25) is 0 Å². The second-order valence-corrected chi connectivity index (χ2v) is 3.63. The third kappa shape index (κ3) is 1.17. The molecule has 6 heteroatoms. The Balaban J connectivity index is 2.25. The van der Waals surface area contributed by atoms with Gasteiger partial charge < -0.3 is 15.3 Å². The van der Waals surface area contributed by atoms with Crippen molar-refractivity contribution < 1.29 is 20.1 Å². The molecule has 0 unspecified atom stereocenters. The molecule has 0 aliphatic heterocycles. The zero-order chi connectivity index (χ0) is 12.2. The van der Waals surface area contributed by atoms with Crippen molar-refractivity contribution in [3.05, 3.63) is 35.2 Å². The van der Waals surface area contributed by atoms with Crippen molar-refractivity contribution in [2.24, 2.45) is 0 Å². The van der Waals surface area contributed by atoms with E-state index in [1.54, 1.807) is 0 Å². The molecular formula is C11H6N2O4. The van der Waals surface area contributed by atoms with E-state index in [0.717, 1.165) is 0 Å². The number of aliphatic hydroxyl groups is 2. The Labute approximate surface area is 94.5 Å². The zero-order valence-corrected chi connectivity index (χ0v) is 8.38. The van der Waals surface area contributed by atoms with Crippen molar-refractivity contribution in [2.45, 2.75) is 0 Å². The Bertz CT molecular complexity index is 706. The van der Waals surface area contributed by atoms with Gasteiger partial charge in [-0.05, 0) is 18.2 Å². The maximum Gasteiger partial charge on any atom is 0.335 e. The molecule has 0 spiro atoms. The Kier molecular flexibility index (Phi) is 1.66. The van der Waals surface area contributed by atoms with Crippen LogP contribution in [0.4, 0.5) is 0 Å². The molecule has 1 aliphatic rings. The predicted octanol–water partition coefficient (Wildman–Crippen LogP) is 1.58. The van der Waals surface area contributed by atoms with Gasteiger partial charge >= 0.3 is 5.97 Å². The lowest BCUT2D eigenvalue weighted by Gasteiger charge is -2.16. The monoisotopic (exact) mass is 230 g/mol. The van der Waals surface area contributed by atoms with E-state index in [9.17, 15) is 15.0 Å². The molecule has 0 amide bonds. The molecular weight excluding hydrogens is 224 g/mol. The lowest BCUT2D eigenvalue weighted by atomic mass is 10.0. The Hall–Kier alpha value is -2.63. The number of carbonyl (C=O) groups is 1. The molecule has 84 valence electrons. The Morgan fingerprint density at radius 1 is 1.00 bits per heavy atom. The van der Waals surface area contributed by atoms with E-state index in [4.69, 9.17) is 5.11 Å². The summed E-state index contributed by atoms with van der Waals surface area (Å²) >= 11 is 0. The SMILES string of the molecule is O=C(O)c1ccc2nc3c(nc2c1)C(O)=C3O. The highest BCUT2D eigenvalue weighted by molar-refractivity contribution is 5.97. The molecule has 3 N–H and O–H groups in total. The van der Waals surface area contributed by atoms with Crippen molar-refractivity contribution in [1.82, 2.24) is 9.97 Å². The summed E-state index contributed by atoms with van der Waals surface area (Å²) in [6, 6.07) is 4.29. The molecule has 1 aromatic heterocycles. The Morgan fingerprint density at radius 2 is 1.59 bits per heavy atom. The average Bonchev–Trinajstić information content (AvgIpc) is 2.35. The highest BCUT2D eigenvalue weighted by Gasteiger charge is 2.29. The maximum atomic E-state index is 10.8. The third-order valence-electron chi connectivity index (χ3n) is 2.58. The predicted molar refractivity (Wildman–Crippen MR) is 58.6 cm³/mol. The van der Waals surface area contributed by atoms with Gasteiger partial charge in [-0.3, -0.25) is 0 Å². The molecule has 2 aromatic rings. The van der Waals surface area contributed by atoms with Gasteiger partial charge in [0, 0.05) is 0 Å². The normalized spacial score (nSPS) is 13.4. The number of nitrogens with zero attached hydrogens (tertiary/aromatic N) is 2. The number of aromatic nitrogens is 2. The van der Waals surface area contributed by atoms with Crippen LogP contribution in [-0.2, 0) is 0 Å². The van der Waals surface area contributed by atoms with Gasteiger partial charge in [-0.2, -0.15) is 0 Å². The van der Waals surface area contributed by atoms with Crippen LogP contribution in [0.2, 0.25) is 0 Å². The van der Waals surface area contributed by atoms with Crippen molar-refractivity contribution in [2.75, 3.05) is 0 Å². The quantitative estimate of drug-likeness (QED) is 0.687. The van der Waals surface area contributed by atoms with Gasteiger partial charge in [-0.15, -0.1) is 0 Å². The lowest BCUT2D eigenvalue weighted by molar-refractivity contribution is 0.0697. The first-order chi connectivity index (χ1) is 8.08. The number of benzene rings is 1. The van der Waals surface area contributed by atoms with Gasteiger partial charge in [0.25, 0.3) is 0 Å². The molecule has 0 bridgehead atoms. The highest BCUT2D eigenvalue weighted by Crippen LogP contribution is 2.34. The van der Waals surface area contributed by atoms with Gasteiger partial charge in [0.1, 0.15) is 11.4 Å². The van der Waals surface area contributed by atoms with Crippen LogP contribution in [-0.4, -0.2) is 31.3 Å². The van der Waals surface area contributed by atoms with Gasteiger partial charge in [0.15, 0.2) is 11.5 Å². The zero-order valence-electron chi connectivity index (χ0n) is 8.38. The average molecular weight is 230 g/mol. The second-order valence-electron chi connectivity index (χ2n) is 3.63. The number of fused-ring (bicyclic) bond motifs is 2. The standard InChI is InChI=1S/C11H6N2O4/c14-9-7-8(10(9)15)13-6-3-4(11(16)17)1-2-5(6)12-7/h1-3,14-15H,(H,16,17). The largest absolute Gasteiger partial charge is 0.503 e. The number of aromatic carboxylic acids is 1. The number of carboxylic acids is 1. The Morgan fingerprint density at radius 3 is 2.18 bits per heavy atom. The van der Waals surface area contributed by atoms with Crippen LogP contribution in [0.5, 0.6) is 0 Å². The van der Waals surface area contributed by atoms with Crippen LogP contribution in [0.3, 0.4) is 0 Å². The maximum absolute atomic E-state index is 10.8. The van der Waals surface area contributed by atoms with E-state index in [0.29, 0.717) is 11.0 Å². The molecule has 17 heavy (non-hydrogen) atoms.